The van der Waals surface area contributed by atoms with Gasteiger partial charge in [0.1, 0.15) is 0 Å². The number of aromatic amines is 1. The van der Waals surface area contributed by atoms with Crippen molar-refractivity contribution < 1.29 is 5.11 Å². The molecule has 1 aliphatic rings. The van der Waals surface area contributed by atoms with E-state index in [1.165, 1.54) is 0 Å². The minimum atomic E-state index is -0.542. The first-order valence-corrected chi connectivity index (χ1v) is 6.80. The molecule has 1 aromatic carbocycles. The van der Waals surface area contributed by atoms with Crippen molar-refractivity contribution in [1.29, 1.82) is 0 Å². The second-order valence-corrected chi connectivity index (χ2v) is 5.55. The van der Waals surface area contributed by atoms with Crippen molar-refractivity contribution in [3.8, 4) is 0 Å². The zero-order valence-electron chi connectivity index (χ0n) is 9.71. The number of hydrogen-bond acceptors (Lipinski definition) is 2. The molecule has 1 aromatic heterocycles. The summed E-state index contributed by atoms with van der Waals surface area (Å²) in [6.45, 7) is 0.962. The standard InChI is InChI=1S/C13H14Cl2N2O/c14-7-4-9(15)12-8(6-17-11(12)5-7)13(18)10-2-1-3-16-10/h4-6,10,13,16-18H,1-3H2. The number of aliphatic hydroxyl groups is 1. The maximum absolute atomic E-state index is 10.4. The van der Waals surface area contributed by atoms with Crippen molar-refractivity contribution in [3.05, 3.63) is 33.9 Å². The van der Waals surface area contributed by atoms with Gasteiger partial charge in [0.2, 0.25) is 0 Å². The second kappa shape index (κ2) is 4.74. The molecule has 2 aromatic rings. The van der Waals surface area contributed by atoms with Gasteiger partial charge < -0.3 is 15.4 Å². The lowest BCUT2D eigenvalue weighted by atomic mass is 10.0. The van der Waals surface area contributed by atoms with Crippen molar-refractivity contribution in [3.63, 3.8) is 0 Å². The zero-order chi connectivity index (χ0) is 12.7. The molecule has 0 amide bonds. The molecule has 0 radical (unpaired) electrons. The number of halogens is 2. The molecule has 3 N–H and O–H groups in total. The summed E-state index contributed by atoms with van der Waals surface area (Å²) in [5, 5.41) is 15.8. The number of rotatable bonds is 2. The topological polar surface area (TPSA) is 48.0 Å². The highest BCUT2D eigenvalue weighted by Crippen LogP contribution is 2.35. The van der Waals surface area contributed by atoms with E-state index < -0.39 is 6.10 Å². The molecular formula is C13H14Cl2N2O. The molecule has 2 heterocycles. The summed E-state index contributed by atoms with van der Waals surface area (Å²) in [4.78, 5) is 3.12. The molecule has 96 valence electrons. The van der Waals surface area contributed by atoms with Gasteiger partial charge in [-0.25, -0.2) is 0 Å². The number of benzene rings is 1. The molecular weight excluding hydrogens is 271 g/mol. The Labute approximate surface area is 115 Å². The summed E-state index contributed by atoms with van der Waals surface area (Å²) < 4.78 is 0. The van der Waals surface area contributed by atoms with Crippen LogP contribution in [0, 0.1) is 0 Å². The lowest BCUT2D eigenvalue weighted by Crippen LogP contribution is -2.28. The predicted octanol–water partition coefficient (Wildman–Crippen LogP) is 3.26. The molecule has 3 rings (SSSR count). The molecule has 18 heavy (non-hydrogen) atoms. The highest BCUT2D eigenvalue weighted by molar-refractivity contribution is 6.38. The summed E-state index contributed by atoms with van der Waals surface area (Å²) in [5.74, 6) is 0. The van der Waals surface area contributed by atoms with Crippen molar-refractivity contribution >= 4 is 34.1 Å². The van der Waals surface area contributed by atoms with Gasteiger partial charge in [-0.3, -0.25) is 0 Å². The summed E-state index contributed by atoms with van der Waals surface area (Å²) in [7, 11) is 0. The molecule has 2 atom stereocenters. The summed E-state index contributed by atoms with van der Waals surface area (Å²) in [5.41, 5.74) is 1.70. The molecule has 5 heteroatoms. The summed E-state index contributed by atoms with van der Waals surface area (Å²) in [6, 6.07) is 3.63. The van der Waals surface area contributed by atoms with Gasteiger partial charge in [-0.15, -0.1) is 0 Å². The van der Waals surface area contributed by atoms with Gasteiger partial charge in [-0.1, -0.05) is 23.2 Å². The van der Waals surface area contributed by atoms with Gasteiger partial charge in [0.25, 0.3) is 0 Å². The third kappa shape index (κ3) is 2.01. The van der Waals surface area contributed by atoms with Crippen molar-refractivity contribution in [1.82, 2.24) is 10.3 Å². The molecule has 1 fully saturated rings. The molecule has 2 unspecified atom stereocenters. The number of fused-ring (bicyclic) bond motifs is 1. The molecule has 0 saturated carbocycles. The van der Waals surface area contributed by atoms with Crippen LogP contribution in [0.15, 0.2) is 18.3 Å². The first-order valence-electron chi connectivity index (χ1n) is 6.04. The van der Waals surface area contributed by atoms with Gasteiger partial charge in [0.15, 0.2) is 0 Å². The Morgan fingerprint density at radius 3 is 2.89 bits per heavy atom. The average Bonchev–Trinajstić information content (AvgIpc) is 2.96. The fourth-order valence-electron chi connectivity index (χ4n) is 2.64. The van der Waals surface area contributed by atoms with Gasteiger partial charge in [0, 0.05) is 33.7 Å². The maximum Gasteiger partial charge on any atom is 0.0964 e. The smallest absolute Gasteiger partial charge is 0.0964 e. The van der Waals surface area contributed by atoms with Crippen LogP contribution in [0.2, 0.25) is 10.0 Å². The van der Waals surface area contributed by atoms with Gasteiger partial charge in [-0.2, -0.15) is 0 Å². The van der Waals surface area contributed by atoms with Crippen LogP contribution in [-0.2, 0) is 0 Å². The van der Waals surface area contributed by atoms with E-state index in [0.717, 1.165) is 35.9 Å². The van der Waals surface area contributed by atoms with E-state index in [1.807, 2.05) is 12.3 Å². The van der Waals surface area contributed by atoms with Gasteiger partial charge in [0.05, 0.1) is 11.1 Å². The Hall–Kier alpha value is -0.740. The lowest BCUT2D eigenvalue weighted by Gasteiger charge is -2.18. The lowest BCUT2D eigenvalue weighted by molar-refractivity contribution is 0.139. The van der Waals surface area contributed by atoms with Gasteiger partial charge >= 0.3 is 0 Å². The van der Waals surface area contributed by atoms with Crippen LogP contribution in [0.5, 0.6) is 0 Å². The monoisotopic (exact) mass is 284 g/mol. The molecule has 0 bridgehead atoms. The van der Waals surface area contributed by atoms with Crippen LogP contribution in [0.1, 0.15) is 24.5 Å². The summed E-state index contributed by atoms with van der Waals surface area (Å²) in [6.07, 6.45) is 3.36. The molecule has 0 aliphatic carbocycles. The quantitative estimate of drug-likeness (QED) is 0.793. The average molecular weight is 285 g/mol. The van der Waals surface area contributed by atoms with Crippen LogP contribution in [0.3, 0.4) is 0 Å². The molecule has 0 spiro atoms. The first kappa shape index (κ1) is 12.3. The minimum absolute atomic E-state index is 0.107. The number of hydrogen-bond donors (Lipinski definition) is 3. The molecule has 3 nitrogen and oxygen atoms in total. The van der Waals surface area contributed by atoms with E-state index >= 15 is 0 Å². The van der Waals surface area contributed by atoms with Crippen LogP contribution in [0.25, 0.3) is 10.9 Å². The Morgan fingerprint density at radius 2 is 2.17 bits per heavy atom. The molecule has 1 saturated heterocycles. The first-order chi connectivity index (χ1) is 8.66. The number of nitrogens with one attached hydrogen (secondary N) is 2. The third-order valence-corrected chi connectivity index (χ3v) is 4.04. The van der Waals surface area contributed by atoms with Crippen LogP contribution in [0.4, 0.5) is 0 Å². The Balaban J connectivity index is 2.06. The molecule has 1 aliphatic heterocycles. The van der Waals surface area contributed by atoms with E-state index in [9.17, 15) is 5.11 Å². The van der Waals surface area contributed by atoms with Crippen molar-refractivity contribution in [2.24, 2.45) is 0 Å². The third-order valence-electron chi connectivity index (χ3n) is 3.53. The van der Waals surface area contributed by atoms with E-state index in [-0.39, 0.29) is 6.04 Å². The van der Waals surface area contributed by atoms with E-state index in [1.54, 1.807) is 6.07 Å². The highest BCUT2D eigenvalue weighted by atomic mass is 35.5. The Kier molecular flexibility index (Phi) is 3.24. The number of aromatic nitrogens is 1. The van der Waals surface area contributed by atoms with Crippen molar-refractivity contribution in [2.45, 2.75) is 25.0 Å². The number of H-pyrrole nitrogens is 1. The normalized spacial score (nSPS) is 21.6. The maximum atomic E-state index is 10.4. The fourth-order valence-corrected chi connectivity index (χ4v) is 3.24. The Bertz CT molecular complexity index is 576. The second-order valence-electron chi connectivity index (χ2n) is 4.70. The van der Waals surface area contributed by atoms with E-state index in [4.69, 9.17) is 23.2 Å². The fraction of sp³-hybridized carbons (Fsp3) is 0.385. The van der Waals surface area contributed by atoms with Crippen LogP contribution < -0.4 is 5.32 Å². The zero-order valence-corrected chi connectivity index (χ0v) is 11.2. The van der Waals surface area contributed by atoms with Crippen LogP contribution >= 0.6 is 23.2 Å². The summed E-state index contributed by atoms with van der Waals surface area (Å²) >= 11 is 12.2. The SMILES string of the molecule is OC(c1c[nH]c2cc(Cl)cc(Cl)c12)C1CCCN1. The minimum Gasteiger partial charge on any atom is -0.387 e. The predicted molar refractivity (Wildman–Crippen MR) is 74.3 cm³/mol. The number of aliphatic hydroxyl groups excluding tert-OH is 1. The van der Waals surface area contributed by atoms with E-state index in [2.05, 4.69) is 10.3 Å². The van der Waals surface area contributed by atoms with Gasteiger partial charge in [-0.05, 0) is 31.5 Å². The highest BCUT2D eigenvalue weighted by Gasteiger charge is 2.26. The van der Waals surface area contributed by atoms with Crippen molar-refractivity contribution in [2.75, 3.05) is 6.54 Å². The van der Waals surface area contributed by atoms with Crippen LogP contribution in [-0.4, -0.2) is 22.7 Å². The Morgan fingerprint density at radius 1 is 1.33 bits per heavy atom. The van der Waals surface area contributed by atoms with E-state index in [0.29, 0.717) is 10.0 Å². The largest absolute Gasteiger partial charge is 0.387 e.